The monoisotopic (exact) mass is 283 g/mol. The number of nitrogens with zero attached hydrogens (tertiary/aromatic N) is 2. The topological polar surface area (TPSA) is 37.4 Å². The second kappa shape index (κ2) is 6.07. The highest BCUT2D eigenvalue weighted by Gasteiger charge is 2.31. The summed E-state index contributed by atoms with van der Waals surface area (Å²) < 4.78 is 5.55. The van der Waals surface area contributed by atoms with Crippen LogP contribution in [0.15, 0.2) is 12.1 Å². The van der Waals surface area contributed by atoms with Crippen LogP contribution in [0.5, 0.6) is 0 Å². The van der Waals surface area contributed by atoms with Crippen molar-refractivity contribution < 1.29 is 4.74 Å². The quantitative estimate of drug-likeness (QED) is 0.921. The molecular formula is C14H22ClN3O. The van der Waals surface area contributed by atoms with Crippen molar-refractivity contribution in [2.45, 2.75) is 32.9 Å². The SMILES string of the molecule is CCNCc1nc(N2CCOCC2(C)C)ccc1Cl. The van der Waals surface area contributed by atoms with Crippen LogP contribution in [-0.2, 0) is 11.3 Å². The Hall–Kier alpha value is -0.840. The van der Waals surface area contributed by atoms with Crippen molar-refractivity contribution in [2.75, 3.05) is 31.2 Å². The summed E-state index contributed by atoms with van der Waals surface area (Å²) in [4.78, 5) is 7.00. The third-order valence-corrected chi connectivity index (χ3v) is 3.71. The van der Waals surface area contributed by atoms with Crippen molar-refractivity contribution in [3.05, 3.63) is 22.8 Å². The number of hydrogen-bond acceptors (Lipinski definition) is 4. The predicted octanol–water partition coefficient (Wildman–Crippen LogP) is 2.46. The number of hydrogen-bond donors (Lipinski definition) is 1. The van der Waals surface area contributed by atoms with Crippen LogP contribution in [0, 0.1) is 0 Å². The molecule has 0 aromatic carbocycles. The Balaban J connectivity index is 2.24. The van der Waals surface area contributed by atoms with E-state index >= 15 is 0 Å². The molecule has 1 aromatic heterocycles. The van der Waals surface area contributed by atoms with Crippen molar-refractivity contribution >= 4 is 17.4 Å². The van der Waals surface area contributed by atoms with Gasteiger partial charge in [0, 0.05) is 13.1 Å². The molecule has 0 bridgehead atoms. The Morgan fingerprint density at radius 2 is 2.26 bits per heavy atom. The first-order valence-electron chi connectivity index (χ1n) is 6.76. The Bertz CT molecular complexity index is 437. The largest absolute Gasteiger partial charge is 0.377 e. The molecule has 106 valence electrons. The lowest BCUT2D eigenvalue weighted by Crippen LogP contribution is -2.53. The minimum Gasteiger partial charge on any atom is -0.377 e. The number of anilines is 1. The average Bonchev–Trinajstić information content (AvgIpc) is 2.38. The van der Waals surface area contributed by atoms with Crippen LogP contribution >= 0.6 is 11.6 Å². The third-order valence-electron chi connectivity index (χ3n) is 3.37. The molecule has 0 aliphatic carbocycles. The van der Waals surface area contributed by atoms with Gasteiger partial charge in [0.2, 0.25) is 0 Å². The van der Waals surface area contributed by atoms with E-state index in [1.165, 1.54) is 0 Å². The first-order valence-corrected chi connectivity index (χ1v) is 7.14. The fraction of sp³-hybridized carbons (Fsp3) is 0.643. The number of rotatable bonds is 4. The van der Waals surface area contributed by atoms with Gasteiger partial charge in [0.15, 0.2) is 0 Å². The molecule has 5 heteroatoms. The smallest absolute Gasteiger partial charge is 0.129 e. The van der Waals surface area contributed by atoms with E-state index in [4.69, 9.17) is 21.3 Å². The molecule has 4 nitrogen and oxygen atoms in total. The van der Waals surface area contributed by atoms with Gasteiger partial charge in [-0.1, -0.05) is 18.5 Å². The van der Waals surface area contributed by atoms with Crippen LogP contribution < -0.4 is 10.2 Å². The summed E-state index contributed by atoms with van der Waals surface area (Å²) in [6.45, 7) is 10.4. The molecule has 1 aliphatic rings. The molecule has 1 aromatic rings. The molecule has 19 heavy (non-hydrogen) atoms. The Kier molecular flexibility index (Phi) is 4.66. The van der Waals surface area contributed by atoms with E-state index < -0.39 is 0 Å². The number of nitrogens with one attached hydrogen (secondary N) is 1. The molecular weight excluding hydrogens is 262 g/mol. The Morgan fingerprint density at radius 3 is 2.95 bits per heavy atom. The molecule has 1 fully saturated rings. The van der Waals surface area contributed by atoms with Gasteiger partial charge in [0.25, 0.3) is 0 Å². The summed E-state index contributed by atoms with van der Waals surface area (Å²) in [7, 11) is 0. The van der Waals surface area contributed by atoms with Crippen molar-refractivity contribution in [1.29, 1.82) is 0 Å². The Labute approximate surface area is 120 Å². The minimum absolute atomic E-state index is 0.0332. The van der Waals surface area contributed by atoms with Crippen LogP contribution in [-0.4, -0.2) is 36.8 Å². The van der Waals surface area contributed by atoms with Gasteiger partial charge in [0.1, 0.15) is 5.82 Å². The fourth-order valence-electron chi connectivity index (χ4n) is 2.27. The zero-order chi connectivity index (χ0) is 13.9. The lowest BCUT2D eigenvalue weighted by atomic mass is 10.0. The molecule has 1 N–H and O–H groups in total. The molecule has 0 amide bonds. The van der Waals surface area contributed by atoms with Crippen molar-refractivity contribution in [2.24, 2.45) is 0 Å². The van der Waals surface area contributed by atoms with Crippen LogP contribution in [0.4, 0.5) is 5.82 Å². The van der Waals surface area contributed by atoms with Gasteiger partial charge in [0.05, 0.1) is 29.5 Å². The number of halogens is 1. The maximum Gasteiger partial charge on any atom is 0.129 e. The standard InChI is InChI=1S/C14H22ClN3O/c1-4-16-9-12-11(15)5-6-13(17-12)18-7-8-19-10-14(18,2)3/h5-6,16H,4,7-10H2,1-3H3. The molecule has 0 unspecified atom stereocenters. The maximum absolute atomic E-state index is 6.20. The second-order valence-corrected chi connectivity index (χ2v) is 5.80. The normalized spacial score (nSPS) is 18.6. The highest BCUT2D eigenvalue weighted by atomic mass is 35.5. The highest BCUT2D eigenvalue weighted by Crippen LogP contribution is 2.27. The van der Waals surface area contributed by atoms with Gasteiger partial charge in [-0.05, 0) is 32.5 Å². The lowest BCUT2D eigenvalue weighted by Gasteiger charge is -2.43. The van der Waals surface area contributed by atoms with E-state index in [0.717, 1.165) is 42.8 Å². The molecule has 0 saturated carbocycles. The zero-order valence-electron chi connectivity index (χ0n) is 11.9. The van der Waals surface area contributed by atoms with Crippen LogP contribution in [0.2, 0.25) is 5.02 Å². The lowest BCUT2D eigenvalue weighted by molar-refractivity contribution is 0.0639. The Morgan fingerprint density at radius 1 is 1.47 bits per heavy atom. The summed E-state index contributed by atoms with van der Waals surface area (Å²) in [5.41, 5.74) is 0.873. The van der Waals surface area contributed by atoms with Crippen LogP contribution in [0.3, 0.4) is 0 Å². The first-order chi connectivity index (χ1) is 9.04. The zero-order valence-corrected chi connectivity index (χ0v) is 12.6. The van der Waals surface area contributed by atoms with Crippen molar-refractivity contribution in [1.82, 2.24) is 10.3 Å². The molecule has 0 atom stereocenters. The molecule has 1 saturated heterocycles. The van der Waals surface area contributed by atoms with E-state index in [0.29, 0.717) is 6.54 Å². The van der Waals surface area contributed by atoms with Gasteiger partial charge >= 0.3 is 0 Å². The van der Waals surface area contributed by atoms with Crippen molar-refractivity contribution in [3.8, 4) is 0 Å². The molecule has 2 heterocycles. The van der Waals surface area contributed by atoms with E-state index in [1.54, 1.807) is 0 Å². The number of pyridine rings is 1. The maximum atomic E-state index is 6.20. The van der Waals surface area contributed by atoms with E-state index in [9.17, 15) is 0 Å². The second-order valence-electron chi connectivity index (χ2n) is 5.39. The summed E-state index contributed by atoms with van der Waals surface area (Å²) in [5.74, 6) is 0.977. The molecule has 1 aliphatic heterocycles. The van der Waals surface area contributed by atoms with E-state index in [1.807, 2.05) is 12.1 Å². The summed E-state index contributed by atoms with van der Waals surface area (Å²) in [5, 5.41) is 3.98. The predicted molar refractivity (Wildman–Crippen MR) is 78.9 cm³/mol. The van der Waals surface area contributed by atoms with Gasteiger partial charge < -0.3 is 15.0 Å². The molecule has 0 spiro atoms. The van der Waals surface area contributed by atoms with Gasteiger partial charge in [-0.2, -0.15) is 0 Å². The first kappa shape index (κ1) is 14.6. The highest BCUT2D eigenvalue weighted by molar-refractivity contribution is 6.31. The number of ether oxygens (including phenoxy) is 1. The van der Waals surface area contributed by atoms with E-state index in [-0.39, 0.29) is 5.54 Å². The van der Waals surface area contributed by atoms with Gasteiger partial charge in [-0.15, -0.1) is 0 Å². The van der Waals surface area contributed by atoms with Crippen LogP contribution in [0.1, 0.15) is 26.5 Å². The molecule has 0 radical (unpaired) electrons. The molecule has 2 rings (SSSR count). The summed E-state index contributed by atoms with van der Waals surface area (Å²) in [6, 6.07) is 3.92. The minimum atomic E-state index is -0.0332. The summed E-state index contributed by atoms with van der Waals surface area (Å²) >= 11 is 6.20. The van der Waals surface area contributed by atoms with Crippen LogP contribution in [0.25, 0.3) is 0 Å². The number of aromatic nitrogens is 1. The van der Waals surface area contributed by atoms with Gasteiger partial charge in [-0.3, -0.25) is 0 Å². The fourth-order valence-corrected chi connectivity index (χ4v) is 2.45. The summed E-state index contributed by atoms with van der Waals surface area (Å²) in [6.07, 6.45) is 0. The van der Waals surface area contributed by atoms with Crippen molar-refractivity contribution in [3.63, 3.8) is 0 Å². The van der Waals surface area contributed by atoms with E-state index in [2.05, 4.69) is 31.0 Å². The third kappa shape index (κ3) is 3.38. The van der Waals surface area contributed by atoms with Gasteiger partial charge in [-0.25, -0.2) is 4.98 Å². The number of morpholine rings is 1. The average molecular weight is 284 g/mol.